The standard InChI is InChI=1S/C18H21Cl2NO5/c1-3-4-9-25-15(23)12-5-7-13(8-6-12)21-14(22)10-26-16(24)17(2)11-18(17,19)20/h5-8H,3-4,9-11H2,1-2H3,(H,21,22)/t17-/m1/s1. The van der Waals surface area contributed by atoms with Gasteiger partial charge in [0.25, 0.3) is 5.91 Å². The number of carbonyl (C=O) groups excluding carboxylic acids is 3. The summed E-state index contributed by atoms with van der Waals surface area (Å²) in [5.41, 5.74) is -0.110. The molecule has 1 aromatic rings. The molecule has 0 bridgehead atoms. The number of esters is 2. The molecular formula is C18H21Cl2NO5. The number of amides is 1. The Morgan fingerprint density at radius 1 is 1.15 bits per heavy atom. The molecule has 0 aliphatic heterocycles. The number of hydrogen-bond donors (Lipinski definition) is 1. The van der Waals surface area contributed by atoms with E-state index in [9.17, 15) is 14.4 Å². The molecule has 1 fully saturated rings. The summed E-state index contributed by atoms with van der Waals surface area (Å²) in [6.07, 6.45) is 2.05. The Labute approximate surface area is 162 Å². The first kappa shape index (κ1) is 20.5. The maximum absolute atomic E-state index is 11.9. The van der Waals surface area contributed by atoms with Gasteiger partial charge >= 0.3 is 11.9 Å². The van der Waals surface area contributed by atoms with E-state index in [1.807, 2.05) is 6.92 Å². The summed E-state index contributed by atoms with van der Waals surface area (Å²) < 4.78 is 8.93. The van der Waals surface area contributed by atoms with Crippen LogP contribution in [0.1, 0.15) is 43.5 Å². The first-order valence-corrected chi connectivity index (χ1v) is 9.07. The van der Waals surface area contributed by atoms with Gasteiger partial charge in [-0.25, -0.2) is 4.79 Å². The lowest BCUT2D eigenvalue weighted by atomic mass is 10.1. The van der Waals surface area contributed by atoms with E-state index >= 15 is 0 Å². The molecule has 1 aliphatic rings. The fourth-order valence-corrected chi connectivity index (χ4v) is 2.88. The van der Waals surface area contributed by atoms with E-state index in [2.05, 4.69) is 5.32 Å². The van der Waals surface area contributed by atoms with Crippen LogP contribution in [-0.4, -0.2) is 35.4 Å². The van der Waals surface area contributed by atoms with Crippen molar-refractivity contribution in [1.82, 2.24) is 0 Å². The molecule has 0 saturated heterocycles. The highest BCUT2D eigenvalue weighted by molar-refractivity contribution is 6.53. The Morgan fingerprint density at radius 2 is 1.77 bits per heavy atom. The van der Waals surface area contributed by atoms with Crippen LogP contribution < -0.4 is 5.32 Å². The normalized spacial score (nSPS) is 20.2. The molecule has 2 rings (SSSR count). The van der Waals surface area contributed by atoms with Gasteiger partial charge in [-0.1, -0.05) is 13.3 Å². The maximum atomic E-state index is 11.9. The molecule has 8 heteroatoms. The number of carbonyl (C=O) groups is 3. The van der Waals surface area contributed by atoms with E-state index in [4.69, 9.17) is 32.7 Å². The van der Waals surface area contributed by atoms with E-state index in [0.717, 1.165) is 12.8 Å². The molecule has 1 amide bonds. The van der Waals surface area contributed by atoms with Crippen molar-refractivity contribution in [1.29, 1.82) is 0 Å². The van der Waals surface area contributed by atoms with Crippen LogP contribution >= 0.6 is 23.2 Å². The number of nitrogens with one attached hydrogen (secondary N) is 1. The highest BCUT2D eigenvalue weighted by atomic mass is 35.5. The topological polar surface area (TPSA) is 81.7 Å². The molecule has 0 aromatic heterocycles. The third-order valence-electron chi connectivity index (χ3n) is 4.18. The van der Waals surface area contributed by atoms with Crippen LogP contribution in [0.2, 0.25) is 0 Å². The van der Waals surface area contributed by atoms with Gasteiger partial charge in [0.1, 0.15) is 9.75 Å². The second-order valence-electron chi connectivity index (χ2n) is 6.40. The predicted octanol–water partition coefficient (Wildman–Crippen LogP) is 3.71. The van der Waals surface area contributed by atoms with Gasteiger partial charge in [0, 0.05) is 12.1 Å². The minimum atomic E-state index is -1.14. The van der Waals surface area contributed by atoms with Gasteiger partial charge in [-0.2, -0.15) is 0 Å². The Balaban J connectivity index is 1.79. The third-order valence-corrected chi connectivity index (χ3v) is 5.28. The van der Waals surface area contributed by atoms with E-state index in [-0.39, 0.29) is 0 Å². The number of hydrogen-bond acceptors (Lipinski definition) is 5. The first-order valence-electron chi connectivity index (χ1n) is 8.32. The zero-order valence-electron chi connectivity index (χ0n) is 14.6. The molecule has 0 radical (unpaired) electrons. The number of alkyl halides is 2. The molecule has 142 valence electrons. The van der Waals surface area contributed by atoms with Gasteiger partial charge in [0.2, 0.25) is 0 Å². The van der Waals surface area contributed by atoms with Crippen LogP contribution in [0.5, 0.6) is 0 Å². The number of unbranched alkanes of at least 4 members (excludes halogenated alkanes) is 1. The zero-order valence-corrected chi connectivity index (χ0v) is 16.2. The number of ether oxygens (including phenoxy) is 2. The Kier molecular flexibility index (Phi) is 6.53. The third kappa shape index (κ3) is 4.89. The van der Waals surface area contributed by atoms with Crippen molar-refractivity contribution in [2.45, 2.75) is 37.4 Å². The van der Waals surface area contributed by atoms with Crippen molar-refractivity contribution in [3.8, 4) is 0 Å². The second-order valence-corrected chi connectivity index (χ2v) is 7.89. The summed E-state index contributed by atoms with van der Waals surface area (Å²) in [5.74, 6) is -1.52. The fourth-order valence-electron chi connectivity index (χ4n) is 2.19. The van der Waals surface area contributed by atoms with Crippen molar-refractivity contribution in [3.05, 3.63) is 29.8 Å². The fraction of sp³-hybridized carbons (Fsp3) is 0.500. The highest BCUT2D eigenvalue weighted by Gasteiger charge is 2.69. The number of benzene rings is 1. The van der Waals surface area contributed by atoms with Crippen LogP contribution in [0.25, 0.3) is 0 Å². The Bertz CT molecular complexity index is 689. The Hall–Kier alpha value is -1.79. The molecular weight excluding hydrogens is 381 g/mol. The molecule has 6 nitrogen and oxygen atoms in total. The minimum absolute atomic E-state index is 0.291. The second kappa shape index (κ2) is 8.27. The Morgan fingerprint density at radius 3 is 2.31 bits per heavy atom. The van der Waals surface area contributed by atoms with Crippen molar-refractivity contribution in [3.63, 3.8) is 0 Å². The van der Waals surface area contributed by atoms with E-state index < -0.39 is 34.2 Å². The summed E-state index contributed by atoms with van der Waals surface area (Å²) in [6.45, 7) is 3.53. The molecule has 1 N–H and O–H groups in total. The number of halogens is 2. The van der Waals surface area contributed by atoms with Gasteiger partial charge in [0.15, 0.2) is 6.61 Å². The first-order chi connectivity index (χ1) is 12.2. The zero-order chi connectivity index (χ0) is 19.4. The lowest BCUT2D eigenvalue weighted by Crippen LogP contribution is -2.26. The van der Waals surface area contributed by atoms with E-state index in [1.54, 1.807) is 31.2 Å². The summed E-state index contributed by atoms with van der Waals surface area (Å²) in [6, 6.07) is 6.24. The average Bonchev–Trinajstić information content (AvgIpc) is 3.12. The summed E-state index contributed by atoms with van der Waals surface area (Å²) >= 11 is 11.8. The van der Waals surface area contributed by atoms with Gasteiger partial charge in [-0.05, 0) is 37.6 Å². The molecule has 1 atom stereocenters. The van der Waals surface area contributed by atoms with Crippen LogP contribution in [-0.2, 0) is 19.1 Å². The molecule has 0 heterocycles. The lowest BCUT2D eigenvalue weighted by molar-refractivity contribution is -0.152. The average molecular weight is 402 g/mol. The maximum Gasteiger partial charge on any atom is 0.338 e. The lowest BCUT2D eigenvalue weighted by Gasteiger charge is -2.12. The SMILES string of the molecule is CCCCOC(=O)c1ccc(NC(=O)COC(=O)[C@@]2(C)CC2(Cl)Cl)cc1. The summed E-state index contributed by atoms with van der Waals surface area (Å²) in [5, 5.41) is 2.57. The monoisotopic (exact) mass is 401 g/mol. The van der Waals surface area contributed by atoms with Crippen LogP contribution in [0.3, 0.4) is 0 Å². The van der Waals surface area contributed by atoms with Gasteiger partial charge < -0.3 is 14.8 Å². The van der Waals surface area contributed by atoms with Crippen molar-refractivity contribution < 1.29 is 23.9 Å². The van der Waals surface area contributed by atoms with Crippen LogP contribution in [0.15, 0.2) is 24.3 Å². The molecule has 0 unspecified atom stereocenters. The molecule has 1 aromatic carbocycles. The van der Waals surface area contributed by atoms with Crippen molar-refractivity contribution in [2.24, 2.45) is 5.41 Å². The van der Waals surface area contributed by atoms with Crippen LogP contribution in [0, 0.1) is 5.41 Å². The van der Waals surface area contributed by atoms with Crippen molar-refractivity contribution >= 4 is 46.7 Å². The van der Waals surface area contributed by atoms with Crippen molar-refractivity contribution in [2.75, 3.05) is 18.5 Å². The van der Waals surface area contributed by atoms with Gasteiger partial charge in [-0.15, -0.1) is 23.2 Å². The molecule has 26 heavy (non-hydrogen) atoms. The highest BCUT2D eigenvalue weighted by Crippen LogP contribution is 2.64. The van der Waals surface area contributed by atoms with Crippen LogP contribution in [0.4, 0.5) is 5.69 Å². The van der Waals surface area contributed by atoms with E-state index in [1.165, 1.54) is 0 Å². The summed E-state index contributed by atoms with van der Waals surface area (Å²) in [7, 11) is 0. The predicted molar refractivity (Wildman–Crippen MR) is 98.4 cm³/mol. The molecule has 1 aliphatic carbocycles. The van der Waals surface area contributed by atoms with E-state index in [0.29, 0.717) is 24.3 Å². The number of rotatable bonds is 8. The smallest absolute Gasteiger partial charge is 0.338 e. The van der Waals surface area contributed by atoms with Gasteiger partial charge in [0.05, 0.1) is 12.2 Å². The quantitative estimate of drug-likeness (QED) is 0.407. The number of anilines is 1. The van der Waals surface area contributed by atoms with Gasteiger partial charge in [-0.3, -0.25) is 9.59 Å². The minimum Gasteiger partial charge on any atom is -0.462 e. The molecule has 0 spiro atoms. The molecule has 1 saturated carbocycles. The largest absolute Gasteiger partial charge is 0.462 e. The summed E-state index contributed by atoms with van der Waals surface area (Å²) in [4.78, 5) is 35.6.